The number of amides is 1. The fourth-order valence-corrected chi connectivity index (χ4v) is 1.78. The molecule has 1 aromatic carbocycles. The number of aromatic nitrogens is 3. The minimum absolute atomic E-state index is 0. The Balaban J connectivity index is 0.00000220. The van der Waals surface area contributed by atoms with Crippen molar-refractivity contribution in [2.45, 2.75) is 26.3 Å². The Hall–Kier alpha value is -1.92. The minimum Gasteiger partial charge on any atom is -0.325 e. The summed E-state index contributed by atoms with van der Waals surface area (Å²) in [5.74, 6) is -0.00252. The first-order chi connectivity index (χ1) is 9.61. The predicted molar refractivity (Wildman–Crippen MR) is 84.7 cm³/mol. The molecule has 1 heterocycles. The molecule has 7 heteroatoms. The third-order valence-corrected chi connectivity index (χ3v) is 3.38. The lowest BCUT2D eigenvalue weighted by Crippen LogP contribution is -2.40. The van der Waals surface area contributed by atoms with Crippen LogP contribution < -0.4 is 11.1 Å². The second kappa shape index (κ2) is 7.75. The van der Waals surface area contributed by atoms with Gasteiger partial charge in [-0.1, -0.05) is 25.5 Å². The minimum atomic E-state index is -0.491. The van der Waals surface area contributed by atoms with Gasteiger partial charge in [-0.2, -0.15) is 0 Å². The van der Waals surface area contributed by atoms with E-state index >= 15 is 0 Å². The molecule has 0 radical (unpaired) electrons. The number of nitrogens with two attached hydrogens (primary N) is 1. The Morgan fingerprint density at radius 3 is 2.57 bits per heavy atom. The molecule has 0 saturated carbocycles. The van der Waals surface area contributed by atoms with Crippen molar-refractivity contribution in [1.82, 2.24) is 15.0 Å². The maximum atomic E-state index is 12.0. The van der Waals surface area contributed by atoms with Crippen LogP contribution in [-0.2, 0) is 4.79 Å². The first-order valence-electron chi connectivity index (χ1n) is 6.65. The quantitative estimate of drug-likeness (QED) is 0.884. The maximum Gasteiger partial charge on any atom is 0.241 e. The highest BCUT2D eigenvalue weighted by molar-refractivity contribution is 5.94. The number of nitrogens with zero attached hydrogens (tertiary/aromatic N) is 3. The maximum absolute atomic E-state index is 12.0. The Bertz CT molecular complexity index is 555. The van der Waals surface area contributed by atoms with E-state index in [1.165, 1.54) is 0 Å². The van der Waals surface area contributed by atoms with Crippen LogP contribution in [0.15, 0.2) is 36.7 Å². The Morgan fingerprint density at radius 2 is 2.05 bits per heavy atom. The summed E-state index contributed by atoms with van der Waals surface area (Å²) in [6, 6.07) is 6.87. The lowest BCUT2D eigenvalue weighted by molar-refractivity contribution is -0.118. The van der Waals surface area contributed by atoms with Crippen LogP contribution in [0.2, 0.25) is 0 Å². The van der Waals surface area contributed by atoms with Crippen LogP contribution in [0, 0.1) is 5.92 Å². The summed E-state index contributed by atoms with van der Waals surface area (Å²) in [6.07, 6.45) is 4.24. The predicted octanol–water partition coefficient (Wildman–Crippen LogP) is 2.00. The van der Waals surface area contributed by atoms with Crippen LogP contribution in [0.4, 0.5) is 5.69 Å². The Labute approximate surface area is 130 Å². The normalized spacial score (nSPS) is 13.1. The molecule has 1 amide bonds. The summed E-state index contributed by atoms with van der Waals surface area (Å²) in [6.45, 7) is 3.99. The third-order valence-electron chi connectivity index (χ3n) is 3.38. The van der Waals surface area contributed by atoms with Gasteiger partial charge in [0.05, 0.1) is 24.1 Å². The highest BCUT2D eigenvalue weighted by Crippen LogP contribution is 2.14. The molecule has 1 aromatic heterocycles. The van der Waals surface area contributed by atoms with Crippen LogP contribution in [0.3, 0.4) is 0 Å². The molecular weight excluding hydrogens is 290 g/mol. The fourth-order valence-electron chi connectivity index (χ4n) is 1.78. The molecule has 2 aromatic rings. The largest absolute Gasteiger partial charge is 0.325 e. The van der Waals surface area contributed by atoms with Crippen molar-refractivity contribution in [3.05, 3.63) is 36.7 Å². The molecule has 2 atom stereocenters. The van der Waals surface area contributed by atoms with E-state index in [1.807, 2.05) is 38.1 Å². The summed E-state index contributed by atoms with van der Waals surface area (Å²) in [7, 11) is 0. The van der Waals surface area contributed by atoms with Gasteiger partial charge in [-0.15, -0.1) is 17.5 Å². The molecule has 114 valence electrons. The van der Waals surface area contributed by atoms with Gasteiger partial charge in [0, 0.05) is 5.69 Å². The molecule has 6 nitrogen and oxygen atoms in total. The molecule has 0 spiro atoms. The van der Waals surface area contributed by atoms with Crippen molar-refractivity contribution in [2.24, 2.45) is 11.7 Å². The molecular formula is C14H20ClN5O. The van der Waals surface area contributed by atoms with Crippen LogP contribution >= 0.6 is 12.4 Å². The molecule has 2 rings (SSSR count). The number of benzene rings is 1. The van der Waals surface area contributed by atoms with E-state index < -0.39 is 6.04 Å². The van der Waals surface area contributed by atoms with Gasteiger partial charge in [0.2, 0.25) is 5.91 Å². The fraction of sp³-hybridized carbons (Fsp3) is 0.357. The number of halogens is 1. The zero-order valence-electron chi connectivity index (χ0n) is 12.1. The number of anilines is 1. The van der Waals surface area contributed by atoms with Crippen molar-refractivity contribution < 1.29 is 4.79 Å². The van der Waals surface area contributed by atoms with Crippen molar-refractivity contribution in [3.63, 3.8) is 0 Å². The summed E-state index contributed by atoms with van der Waals surface area (Å²) in [5.41, 5.74) is 7.49. The molecule has 2 unspecified atom stereocenters. The zero-order chi connectivity index (χ0) is 14.5. The van der Waals surface area contributed by atoms with Crippen molar-refractivity contribution in [3.8, 4) is 5.69 Å². The smallest absolute Gasteiger partial charge is 0.241 e. The van der Waals surface area contributed by atoms with Crippen molar-refractivity contribution in [2.75, 3.05) is 5.32 Å². The van der Waals surface area contributed by atoms with E-state index in [0.29, 0.717) is 0 Å². The average molecular weight is 310 g/mol. The lowest BCUT2D eigenvalue weighted by atomic mass is 9.99. The number of rotatable bonds is 5. The number of hydrogen-bond acceptors (Lipinski definition) is 4. The second-order valence-electron chi connectivity index (χ2n) is 4.80. The van der Waals surface area contributed by atoms with Crippen molar-refractivity contribution >= 4 is 24.0 Å². The molecule has 3 N–H and O–H groups in total. The molecule has 0 aliphatic heterocycles. The highest BCUT2D eigenvalue weighted by Gasteiger charge is 2.19. The van der Waals surface area contributed by atoms with E-state index in [1.54, 1.807) is 17.1 Å². The van der Waals surface area contributed by atoms with E-state index in [2.05, 4.69) is 15.6 Å². The van der Waals surface area contributed by atoms with E-state index in [-0.39, 0.29) is 24.2 Å². The van der Waals surface area contributed by atoms with Crippen LogP contribution in [0.5, 0.6) is 0 Å². The SMILES string of the molecule is CCC(C)C(N)C(=O)Nc1ccc(-n2ccnn2)cc1.Cl. The topological polar surface area (TPSA) is 85.8 Å². The first kappa shape index (κ1) is 17.1. The monoisotopic (exact) mass is 309 g/mol. The van der Waals surface area contributed by atoms with E-state index in [4.69, 9.17) is 5.73 Å². The number of carbonyl (C=O) groups is 1. The standard InChI is InChI=1S/C14H19N5O.ClH/c1-3-10(2)13(15)14(20)17-11-4-6-12(7-5-11)19-9-8-16-18-19;/h4-10,13H,3,15H2,1-2H3,(H,17,20);1H. The number of nitrogens with one attached hydrogen (secondary N) is 1. The van der Waals surface area contributed by atoms with Gasteiger partial charge < -0.3 is 11.1 Å². The highest BCUT2D eigenvalue weighted by atomic mass is 35.5. The average Bonchev–Trinajstić information content (AvgIpc) is 3.00. The van der Waals surface area contributed by atoms with Gasteiger partial charge >= 0.3 is 0 Å². The van der Waals surface area contributed by atoms with Gasteiger partial charge in [-0.25, -0.2) is 4.68 Å². The zero-order valence-corrected chi connectivity index (χ0v) is 12.9. The molecule has 0 aliphatic carbocycles. The van der Waals surface area contributed by atoms with Crippen molar-refractivity contribution in [1.29, 1.82) is 0 Å². The van der Waals surface area contributed by atoms with E-state index in [9.17, 15) is 4.79 Å². The van der Waals surface area contributed by atoms with Gasteiger partial charge in [0.1, 0.15) is 0 Å². The Morgan fingerprint density at radius 1 is 1.38 bits per heavy atom. The molecule has 0 fully saturated rings. The summed E-state index contributed by atoms with van der Waals surface area (Å²) in [4.78, 5) is 12.0. The third kappa shape index (κ3) is 4.27. The van der Waals surface area contributed by atoms with Gasteiger partial charge in [0.25, 0.3) is 0 Å². The second-order valence-corrected chi connectivity index (χ2v) is 4.80. The van der Waals surface area contributed by atoms with E-state index in [0.717, 1.165) is 17.8 Å². The van der Waals surface area contributed by atoms with Crippen LogP contribution in [0.25, 0.3) is 5.69 Å². The molecule has 0 aliphatic rings. The lowest BCUT2D eigenvalue weighted by Gasteiger charge is -2.17. The molecule has 0 saturated heterocycles. The van der Waals surface area contributed by atoms with Gasteiger partial charge in [-0.3, -0.25) is 4.79 Å². The molecule has 21 heavy (non-hydrogen) atoms. The van der Waals surface area contributed by atoms with Crippen LogP contribution in [0.1, 0.15) is 20.3 Å². The van der Waals surface area contributed by atoms with Crippen LogP contribution in [-0.4, -0.2) is 26.9 Å². The molecule has 0 bridgehead atoms. The Kier molecular flexibility index (Phi) is 6.33. The summed E-state index contributed by atoms with van der Waals surface area (Å²) >= 11 is 0. The number of carbonyl (C=O) groups excluding carboxylic acids is 1. The van der Waals surface area contributed by atoms with Gasteiger partial charge in [-0.05, 0) is 30.2 Å². The van der Waals surface area contributed by atoms with Gasteiger partial charge in [0.15, 0.2) is 0 Å². The summed E-state index contributed by atoms with van der Waals surface area (Å²) in [5, 5.41) is 10.5. The first-order valence-corrected chi connectivity index (χ1v) is 6.65. The summed E-state index contributed by atoms with van der Waals surface area (Å²) < 4.78 is 1.65. The number of hydrogen-bond donors (Lipinski definition) is 2.